The van der Waals surface area contributed by atoms with Crippen LogP contribution < -0.4 is 15.0 Å². The lowest BCUT2D eigenvalue weighted by Crippen LogP contribution is -2.51. The molecule has 0 saturated carbocycles. The van der Waals surface area contributed by atoms with Gasteiger partial charge in [0.15, 0.2) is 0 Å². The molecule has 2 amide bonds. The summed E-state index contributed by atoms with van der Waals surface area (Å²) in [6.07, 6.45) is 5.88. The lowest BCUT2D eigenvalue weighted by atomic mass is 10.1. The minimum absolute atomic E-state index is 0.0350. The van der Waals surface area contributed by atoms with E-state index in [1.165, 1.54) is 0 Å². The number of carbonyl (C=O) groups is 2. The number of hydrogen-bond acceptors (Lipinski definition) is 8. The topological polar surface area (TPSA) is 104 Å². The Bertz CT molecular complexity index is 2120. The molecule has 1 N–H and O–H groups in total. The number of benzene rings is 3. The number of methoxy groups -OCH3 is 1. The van der Waals surface area contributed by atoms with Gasteiger partial charge in [0.25, 0.3) is 0 Å². The molecule has 0 atom stereocenters. The van der Waals surface area contributed by atoms with Gasteiger partial charge in [-0.05, 0) is 66.7 Å². The van der Waals surface area contributed by atoms with Crippen molar-refractivity contribution in [3.8, 4) is 5.75 Å². The highest BCUT2D eigenvalue weighted by atomic mass is 35.5. The summed E-state index contributed by atoms with van der Waals surface area (Å²) in [6.45, 7) is 2.88. The van der Waals surface area contributed by atoms with Crippen LogP contribution in [0.4, 0.5) is 17.1 Å². The fourth-order valence-electron chi connectivity index (χ4n) is 6.50. The van der Waals surface area contributed by atoms with Gasteiger partial charge >= 0.3 is 0 Å². The molecule has 254 valence electrons. The van der Waals surface area contributed by atoms with E-state index in [4.69, 9.17) is 27.9 Å². The van der Waals surface area contributed by atoms with Gasteiger partial charge in [-0.25, -0.2) is 0 Å². The van der Waals surface area contributed by atoms with Crippen molar-refractivity contribution in [1.82, 2.24) is 24.8 Å². The Morgan fingerprint density at radius 3 is 1.80 bits per heavy atom. The van der Waals surface area contributed by atoms with Gasteiger partial charge in [-0.3, -0.25) is 24.5 Å². The van der Waals surface area contributed by atoms with Crippen LogP contribution in [0.5, 0.6) is 5.75 Å². The number of hydrogen-bond donors (Lipinski definition) is 1. The molecule has 3 aromatic carbocycles. The Morgan fingerprint density at radius 2 is 1.22 bits per heavy atom. The smallest absolute Gasteiger partial charge is 0.224 e. The summed E-state index contributed by atoms with van der Waals surface area (Å²) in [5.74, 6) is 0.839. The minimum atomic E-state index is 0.0350. The third kappa shape index (κ3) is 7.08. The van der Waals surface area contributed by atoms with Crippen molar-refractivity contribution in [3.05, 3.63) is 101 Å². The van der Waals surface area contributed by atoms with Crippen molar-refractivity contribution in [2.45, 2.75) is 12.8 Å². The molecule has 1 saturated heterocycles. The highest BCUT2D eigenvalue weighted by molar-refractivity contribution is 6.31. The first-order valence-corrected chi connectivity index (χ1v) is 17.2. The monoisotopic (exact) mass is 707 g/mol. The number of fused-ring (bicyclic) bond motifs is 3. The summed E-state index contributed by atoms with van der Waals surface area (Å²) < 4.78 is 5.31. The van der Waals surface area contributed by atoms with Crippen LogP contribution in [0.15, 0.2) is 91.4 Å². The Labute approximate surface area is 299 Å². The van der Waals surface area contributed by atoms with Crippen LogP contribution in [0.3, 0.4) is 0 Å². The zero-order valence-corrected chi connectivity index (χ0v) is 29.0. The van der Waals surface area contributed by atoms with Gasteiger partial charge in [-0.15, -0.1) is 0 Å². The van der Waals surface area contributed by atoms with Gasteiger partial charge < -0.3 is 24.8 Å². The first kappa shape index (κ1) is 33.3. The van der Waals surface area contributed by atoms with Crippen molar-refractivity contribution in [3.63, 3.8) is 0 Å². The van der Waals surface area contributed by atoms with Crippen molar-refractivity contribution < 1.29 is 14.3 Å². The van der Waals surface area contributed by atoms with E-state index in [1.807, 2.05) is 82.6 Å². The van der Waals surface area contributed by atoms with E-state index in [-0.39, 0.29) is 18.2 Å². The predicted molar refractivity (Wildman–Crippen MR) is 200 cm³/mol. The van der Waals surface area contributed by atoms with Crippen molar-refractivity contribution >= 4 is 84.8 Å². The molecule has 50 heavy (non-hydrogen) atoms. The predicted octanol–water partition coefficient (Wildman–Crippen LogP) is 7.35. The summed E-state index contributed by atoms with van der Waals surface area (Å²) >= 11 is 12.6. The van der Waals surface area contributed by atoms with E-state index >= 15 is 0 Å². The fourth-order valence-corrected chi connectivity index (χ4v) is 6.83. The molecule has 7 rings (SSSR count). The Balaban J connectivity index is 0.996. The van der Waals surface area contributed by atoms with E-state index in [0.717, 1.165) is 55.5 Å². The van der Waals surface area contributed by atoms with Crippen LogP contribution >= 0.6 is 23.2 Å². The number of nitrogens with one attached hydrogen (secondary N) is 1. The van der Waals surface area contributed by atoms with Crippen LogP contribution in [0.1, 0.15) is 12.8 Å². The summed E-state index contributed by atoms with van der Waals surface area (Å²) in [4.78, 5) is 46.1. The fraction of sp³-hybridized carbons (Fsp3) is 0.237. The quantitative estimate of drug-likeness (QED) is 0.158. The molecule has 0 bridgehead atoms. The number of anilines is 3. The Kier molecular flexibility index (Phi) is 9.82. The zero-order valence-electron chi connectivity index (χ0n) is 27.5. The molecular weight excluding hydrogens is 673 g/mol. The van der Waals surface area contributed by atoms with Crippen molar-refractivity contribution in [2.75, 3.05) is 56.6 Å². The van der Waals surface area contributed by atoms with Crippen LogP contribution in [-0.4, -0.2) is 82.9 Å². The van der Waals surface area contributed by atoms with Crippen LogP contribution in [0, 0.1) is 0 Å². The second-order valence-electron chi connectivity index (χ2n) is 12.1. The summed E-state index contributed by atoms with van der Waals surface area (Å²) in [7, 11) is 1.63. The highest BCUT2D eigenvalue weighted by Gasteiger charge is 2.25. The van der Waals surface area contributed by atoms with Crippen LogP contribution in [0.2, 0.25) is 10.0 Å². The largest absolute Gasteiger partial charge is 0.497 e. The summed E-state index contributed by atoms with van der Waals surface area (Å²) in [5, 5.41) is 7.39. The normalized spacial score (nSPS) is 13.2. The Morgan fingerprint density at radius 1 is 0.700 bits per heavy atom. The number of nitrogens with zero attached hydrogens (tertiary/aromatic N) is 6. The van der Waals surface area contributed by atoms with Gasteiger partial charge in [0.1, 0.15) is 5.75 Å². The van der Waals surface area contributed by atoms with Gasteiger partial charge in [-0.1, -0.05) is 23.2 Å². The van der Waals surface area contributed by atoms with Crippen molar-refractivity contribution in [1.29, 1.82) is 0 Å². The average molecular weight is 709 g/mol. The standard InChI is InChI=1S/C38H35Cl2N7O3/c1-50-27-4-7-28-31(8-13-42-34(28)24-27)41-16-11-37(48)45-18-20-46(21-19-45)38(49)12-17-47(35-9-14-43-32-22-25(39)2-5-29(32)35)36-10-15-44-33-23-26(40)3-6-30(33)36/h2-10,13-15,22-24H,11-12,16-21H2,1H3,(H,41,42). The van der Waals surface area contributed by atoms with Crippen molar-refractivity contribution in [2.24, 2.45) is 0 Å². The SMILES string of the molecule is COc1ccc2c(NCCC(=O)N3CCN(C(=O)CCN(c4ccnc5cc(Cl)ccc45)c4ccnc5cc(Cl)ccc45)CC3)ccnc2c1. The molecule has 0 unspecified atom stereocenters. The van der Waals surface area contributed by atoms with E-state index < -0.39 is 0 Å². The third-order valence-corrected chi connectivity index (χ3v) is 9.55. The maximum atomic E-state index is 13.6. The number of halogens is 2. The molecule has 0 spiro atoms. The van der Waals surface area contributed by atoms with Crippen LogP contribution in [-0.2, 0) is 9.59 Å². The molecular formula is C38H35Cl2N7O3. The zero-order chi connectivity index (χ0) is 34.6. The van der Waals surface area contributed by atoms with E-state index in [2.05, 4.69) is 25.2 Å². The molecule has 10 nitrogen and oxygen atoms in total. The number of aromatic nitrogens is 3. The van der Waals surface area contributed by atoms with Gasteiger partial charge in [0, 0.05) is 109 Å². The first-order chi connectivity index (χ1) is 24.4. The lowest BCUT2D eigenvalue weighted by molar-refractivity contribution is -0.139. The van der Waals surface area contributed by atoms with E-state index in [1.54, 1.807) is 25.7 Å². The van der Waals surface area contributed by atoms with E-state index in [0.29, 0.717) is 55.7 Å². The maximum Gasteiger partial charge on any atom is 0.224 e. The summed E-state index contributed by atoms with van der Waals surface area (Å²) in [6, 6.07) is 22.8. The molecule has 1 fully saturated rings. The van der Waals surface area contributed by atoms with Gasteiger partial charge in [0.2, 0.25) is 11.8 Å². The van der Waals surface area contributed by atoms with Crippen LogP contribution in [0.25, 0.3) is 32.7 Å². The first-order valence-electron chi connectivity index (χ1n) is 16.5. The molecule has 1 aliphatic rings. The minimum Gasteiger partial charge on any atom is -0.497 e. The molecule has 0 radical (unpaired) electrons. The van der Waals surface area contributed by atoms with Gasteiger partial charge in [0.05, 0.1) is 35.0 Å². The van der Waals surface area contributed by atoms with Gasteiger partial charge in [-0.2, -0.15) is 0 Å². The molecule has 4 heterocycles. The second-order valence-corrected chi connectivity index (χ2v) is 12.9. The lowest BCUT2D eigenvalue weighted by Gasteiger charge is -2.35. The highest BCUT2D eigenvalue weighted by Crippen LogP contribution is 2.37. The number of carbonyl (C=O) groups excluding carboxylic acids is 2. The molecule has 1 aliphatic heterocycles. The number of pyridine rings is 3. The number of amides is 2. The number of rotatable bonds is 10. The molecule has 12 heteroatoms. The second kappa shape index (κ2) is 14.7. The summed E-state index contributed by atoms with van der Waals surface area (Å²) in [5.41, 5.74) is 5.08. The third-order valence-electron chi connectivity index (χ3n) is 9.08. The average Bonchev–Trinajstić information content (AvgIpc) is 3.14. The molecule has 3 aromatic heterocycles. The Hall–Kier alpha value is -5.19. The maximum absolute atomic E-state index is 13.6. The molecule has 0 aliphatic carbocycles. The molecule has 6 aromatic rings. The van der Waals surface area contributed by atoms with E-state index in [9.17, 15) is 9.59 Å². The number of ether oxygens (including phenoxy) is 1. The number of piperazine rings is 1.